The third-order valence-electron chi connectivity index (χ3n) is 1.85. The molecule has 0 amide bonds. The van der Waals surface area contributed by atoms with Gasteiger partial charge in [-0.2, -0.15) is 5.48 Å². The number of hydrogen-bond donors (Lipinski definition) is 1. The van der Waals surface area contributed by atoms with E-state index in [9.17, 15) is 0 Å². The summed E-state index contributed by atoms with van der Waals surface area (Å²) in [4.78, 5) is 5.12. The minimum atomic E-state index is 0.498. The smallest absolute Gasteiger partial charge is 0.0654 e. The summed E-state index contributed by atoms with van der Waals surface area (Å²) in [7, 11) is 0. The number of nitrogens with one attached hydrogen (secondary N) is 1. The minimum Gasteiger partial charge on any atom is -0.381 e. The fourth-order valence-corrected chi connectivity index (χ4v) is 1.22. The first-order chi connectivity index (χ1) is 5.43. The van der Waals surface area contributed by atoms with Crippen LogP contribution < -0.4 is 5.48 Å². The van der Waals surface area contributed by atoms with E-state index >= 15 is 0 Å². The Morgan fingerprint density at radius 2 is 2.36 bits per heavy atom. The van der Waals surface area contributed by atoms with Gasteiger partial charge in [0.05, 0.1) is 6.61 Å². The van der Waals surface area contributed by atoms with Crippen LogP contribution in [0.15, 0.2) is 0 Å². The SMILES string of the molecule is CCONC1CCCOCC1. The lowest BCUT2D eigenvalue weighted by Crippen LogP contribution is -2.29. The van der Waals surface area contributed by atoms with Crippen LogP contribution in [0.4, 0.5) is 0 Å². The van der Waals surface area contributed by atoms with Crippen molar-refractivity contribution < 1.29 is 9.57 Å². The fourth-order valence-electron chi connectivity index (χ4n) is 1.22. The van der Waals surface area contributed by atoms with E-state index in [0.29, 0.717) is 6.04 Å². The van der Waals surface area contributed by atoms with Gasteiger partial charge in [0.1, 0.15) is 0 Å². The predicted molar refractivity (Wildman–Crippen MR) is 43.2 cm³/mol. The topological polar surface area (TPSA) is 30.5 Å². The zero-order valence-electron chi connectivity index (χ0n) is 7.14. The van der Waals surface area contributed by atoms with Gasteiger partial charge in [-0.05, 0) is 26.2 Å². The second-order valence-electron chi connectivity index (χ2n) is 2.79. The van der Waals surface area contributed by atoms with E-state index in [1.807, 2.05) is 6.92 Å². The van der Waals surface area contributed by atoms with Crippen LogP contribution in [0.3, 0.4) is 0 Å². The molecule has 1 N–H and O–H groups in total. The lowest BCUT2D eigenvalue weighted by Gasteiger charge is -2.13. The molecule has 1 fully saturated rings. The summed E-state index contributed by atoms with van der Waals surface area (Å²) in [5.41, 5.74) is 3.03. The summed E-state index contributed by atoms with van der Waals surface area (Å²) in [6.07, 6.45) is 3.38. The molecule has 0 radical (unpaired) electrons. The number of ether oxygens (including phenoxy) is 1. The highest BCUT2D eigenvalue weighted by atomic mass is 16.6. The van der Waals surface area contributed by atoms with Crippen molar-refractivity contribution in [2.45, 2.75) is 32.2 Å². The monoisotopic (exact) mass is 159 g/mol. The van der Waals surface area contributed by atoms with Crippen molar-refractivity contribution in [1.29, 1.82) is 0 Å². The standard InChI is InChI=1S/C8H17NO2/c1-2-11-9-8-4-3-6-10-7-5-8/h8-9H,2-7H2,1H3. The van der Waals surface area contributed by atoms with Crippen LogP contribution >= 0.6 is 0 Å². The van der Waals surface area contributed by atoms with Crippen LogP contribution in [0.1, 0.15) is 26.2 Å². The van der Waals surface area contributed by atoms with Crippen molar-refractivity contribution in [1.82, 2.24) is 5.48 Å². The lowest BCUT2D eigenvalue weighted by atomic mass is 10.1. The highest BCUT2D eigenvalue weighted by molar-refractivity contribution is 4.64. The summed E-state index contributed by atoms with van der Waals surface area (Å²) in [6, 6.07) is 0.498. The van der Waals surface area contributed by atoms with Crippen molar-refractivity contribution in [3.63, 3.8) is 0 Å². The van der Waals surface area contributed by atoms with Gasteiger partial charge in [0, 0.05) is 19.3 Å². The van der Waals surface area contributed by atoms with Crippen LogP contribution in [0.5, 0.6) is 0 Å². The highest BCUT2D eigenvalue weighted by Crippen LogP contribution is 2.07. The third kappa shape index (κ3) is 3.70. The molecule has 1 aliphatic rings. The Bertz CT molecular complexity index is 90.1. The number of hydrogen-bond acceptors (Lipinski definition) is 3. The maximum atomic E-state index is 5.31. The summed E-state index contributed by atoms with van der Waals surface area (Å²) in [6.45, 7) is 4.49. The second kappa shape index (κ2) is 5.52. The Balaban J connectivity index is 2.09. The fraction of sp³-hybridized carbons (Fsp3) is 1.00. The van der Waals surface area contributed by atoms with E-state index in [2.05, 4.69) is 5.48 Å². The van der Waals surface area contributed by atoms with Gasteiger partial charge in [0.2, 0.25) is 0 Å². The second-order valence-corrected chi connectivity index (χ2v) is 2.79. The average Bonchev–Trinajstić information content (AvgIpc) is 2.28. The molecule has 11 heavy (non-hydrogen) atoms. The minimum absolute atomic E-state index is 0.498. The molecule has 1 aliphatic heterocycles. The molecule has 3 nitrogen and oxygen atoms in total. The van der Waals surface area contributed by atoms with Gasteiger partial charge >= 0.3 is 0 Å². The van der Waals surface area contributed by atoms with E-state index in [-0.39, 0.29) is 0 Å². The molecule has 0 spiro atoms. The number of hydroxylamine groups is 1. The van der Waals surface area contributed by atoms with Gasteiger partial charge in [0.25, 0.3) is 0 Å². The van der Waals surface area contributed by atoms with E-state index in [1.165, 1.54) is 6.42 Å². The van der Waals surface area contributed by atoms with Gasteiger partial charge in [-0.15, -0.1) is 0 Å². The maximum Gasteiger partial charge on any atom is 0.0654 e. The van der Waals surface area contributed by atoms with Crippen molar-refractivity contribution in [3.8, 4) is 0 Å². The van der Waals surface area contributed by atoms with E-state index in [4.69, 9.17) is 9.57 Å². The lowest BCUT2D eigenvalue weighted by molar-refractivity contribution is 0.0191. The quantitative estimate of drug-likeness (QED) is 0.625. The molecule has 1 atom stereocenters. The molecule has 0 aliphatic carbocycles. The maximum absolute atomic E-state index is 5.31. The van der Waals surface area contributed by atoms with Gasteiger partial charge in [-0.25, -0.2) is 0 Å². The summed E-state index contributed by atoms with van der Waals surface area (Å²) in [5, 5.41) is 0. The first-order valence-electron chi connectivity index (χ1n) is 4.38. The molecule has 1 rings (SSSR count). The molecule has 1 saturated heterocycles. The Morgan fingerprint density at radius 3 is 3.18 bits per heavy atom. The van der Waals surface area contributed by atoms with Crippen molar-refractivity contribution >= 4 is 0 Å². The summed E-state index contributed by atoms with van der Waals surface area (Å²) < 4.78 is 5.31. The zero-order valence-corrected chi connectivity index (χ0v) is 7.14. The molecule has 66 valence electrons. The van der Waals surface area contributed by atoms with Crippen LogP contribution in [0.2, 0.25) is 0 Å². The molecule has 0 bridgehead atoms. The Hall–Kier alpha value is -0.120. The van der Waals surface area contributed by atoms with Gasteiger partial charge in [-0.1, -0.05) is 0 Å². The van der Waals surface area contributed by atoms with E-state index < -0.39 is 0 Å². The molecule has 0 aromatic heterocycles. The molecule has 1 unspecified atom stereocenters. The molecular weight excluding hydrogens is 142 g/mol. The van der Waals surface area contributed by atoms with Crippen molar-refractivity contribution in [2.75, 3.05) is 19.8 Å². The molecule has 0 saturated carbocycles. The van der Waals surface area contributed by atoms with Crippen LogP contribution in [-0.2, 0) is 9.57 Å². The van der Waals surface area contributed by atoms with Crippen molar-refractivity contribution in [2.24, 2.45) is 0 Å². The van der Waals surface area contributed by atoms with Gasteiger partial charge in [-0.3, -0.25) is 0 Å². The molecule has 0 aromatic carbocycles. The Labute approximate surface area is 68.0 Å². The normalized spacial score (nSPS) is 26.5. The van der Waals surface area contributed by atoms with E-state index in [1.54, 1.807) is 0 Å². The van der Waals surface area contributed by atoms with Gasteiger partial charge < -0.3 is 9.57 Å². The van der Waals surface area contributed by atoms with Crippen LogP contribution in [0, 0.1) is 0 Å². The average molecular weight is 159 g/mol. The first-order valence-corrected chi connectivity index (χ1v) is 4.38. The zero-order chi connectivity index (χ0) is 7.94. The van der Waals surface area contributed by atoms with Crippen LogP contribution in [-0.4, -0.2) is 25.9 Å². The predicted octanol–water partition coefficient (Wildman–Crippen LogP) is 1.10. The van der Waals surface area contributed by atoms with Gasteiger partial charge in [0.15, 0.2) is 0 Å². The Morgan fingerprint density at radius 1 is 1.45 bits per heavy atom. The van der Waals surface area contributed by atoms with Crippen molar-refractivity contribution in [3.05, 3.63) is 0 Å². The summed E-state index contributed by atoms with van der Waals surface area (Å²) in [5.74, 6) is 0. The number of rotatable bonds is 3. The molecule has 3 heteroatoms. The Kier molecular flexibility index (Phi) is 4.50. The highest BCUT2D eigenvalue weighted by Gasteiger charge is 2.10. The largest absolute Gasteiger partial charge is 0.381 e. The van der Waals surface area contributed by atoms with Crippen LogP contribution in [0.25, 0.3) is 0 Å². The first kappa shape index (κ1) is 8.97. The molecule has 1 heterocycles. The molecule has 0 aromatic rings. The summed E-state index contributed by atoms with van der Waals surface area (Å²) >= 11 is 0. The third-order valence-corrected chi connectivity index (χ3v) is 1.85. The molecular formula is C8H17NO2. The van der Waals surface area contributed by atoms with E-state index in [0.717, 1.165) is 32.7 Å².